The van der Waals surface area contributed by atoms with Crippen LogP contribution in [0.25, 0.3) is 0 Å². The summed E-state index contributed by atoms with van der Waals surface area (Å²) < 4.78 is 2.45. The van der Waals surface area contributed by atoms with E-state index in [0.717, 1.165) is 20.3 Å². The van der Waals surface area contributed by atoms with Crippen molar-refractivity contribution >= 4 is 28.5 Å². The summed E-state index contributed by atoms with van der Waals surface area (Å²) in [5.74, 6) is -0.304. The van der Waals surface area contributed by atoms with Crippen LogP contribution in [0.15, 0.2) is 65.5 Å². The number of amides is 1. The van der Waals surface area contributed by atoms with Gasteiger partial charge in [-0.25, -0.2) is 4.68 Å². The van der Waals surface area contributed by atoms with E-state index in [1.54, 1.807) is 0 Å². The molecule has 0 saturated carbocycles. The molecule has 0 unspecified atom stereocenters. The Morgan fingerprint density at radius 2 is 1.65 bits per heavy atom. The number of carbonyl (C=O) groups excluding carboxylic acids is 1. The Balaban J connectivity index is 1.71. The molecule has 26 heavy (non-hydrogen) atoms. The van der Waals surface area contributed by atoms with Gasteiger partial charge in [0.15, 0.2) is 0 Å². The third-order valence-corrected chi connectivity index (χ3v) is 4.64. The first-order valence-corrected chi connectivity index (χ1v) is 9.25. The normalized spacial score (nSPS) is 10.5. The van der Waals surface area contributed by atoms with Crippen molar-refractivity contribution in [1.29, 1.82) is 0 Å². The zero-order valence-corrected chi connectivity index (χ0v) is 16.4. The van der Waals surface area contributed by atoms with Crippen molar-refractivity contribution in [2.45, 2.75) is 20.0 Å². The number of hydrogen-bond donors (Lipinski definition) is 1. The minimum absolute atomic E-state index is 0.224. The van der Waals surface area contributed by atoms with Gasteiger partial charge in [0.2, 0.25) is 0 Å². The lowest BCUT2D eigenvalue weighted by Gasteiger charge is -2.08. The molecule has 0 radical (unpaired) electrons. The van der Waals surface area contributed by atoms with Crippen LogP contribution in [0.4, 0.5) is 0 Å². The molecule has 0 bridgehead atoms. The Bertz CT molecular complexity index is 964. The summed E-state index contributed by atoms with van der Waals surface area (Å²) in [4.78, 5) is 24.4. The second-order valence-electron chi connectivity index (χ2n) is 6.01. The molecule has 1 heterocycles. The van der Waals surface area contributed by atoms with E-state index in [1.165, 1.54) is 16.8 Å². The molecule has 1 N–H and O–H groups in total. The number of aryl methyl sites for hydroxylation is 1. The zero-order valence-electron chi connectivity index (χ0n) is 14.3. The van der Waals surface area contributed by atoms with E-state index < -0.39 is 0 Å². The molecule has 3 rings (SSSR count). The van der Waals surface area contributed by atoms with Crippen molar-refractivity contribution in [1.82, 2.24) is 15.1 Å². The molecule has 0 aliphatic carbocycles. The van der Waals surface area contributed by atoms with Crippen LogP contribution in [0, 0.1) is 10.5 Å². The van der Waals surface area contributed by atoms with Crippen LogP contribution in [0.5, 0.6) is 0 Å². The molecular formula is C20H18IN3O2. The first kappa shape index (κ1) is 18.3. The summed E-state index contributed by atoms with van der Waals surface area (Å²) in [5, 5.41) is 7.04. The van der Waals surface area contributed by atoms with Crippen molar-refractivity contribution in [2.24, 2.45) is 0 Å². The third kappa shape index (κ3) is 4.78. The van der Waals surface area contributed by atoms with E-state index in [9.17, 15) is 9.59 Å². The summed E-state index contributed by atoms with van der Waals surface area (Å²) in [5.41, 5.74) is 3.10. The number of nitrogens with one attached hydrogen (secondary N) is 1. The Labute approximate surface area is 165 Å². The molecule has 0 spiro atoms. The lowest BCUT2D eigenvalue weighted by Crippen LogP contribution is -2.29. The number of nitrogens with zero attached hydrogens (tertiary/aromatic N) is 2. The number of halogens is 1. The van der Waals surface area contributed by atoms with Gasteiger partial charge in [-0.1, -0.05) is 42.0 Å². The van der Waals surface area contributed by atoms with Crippen LogP contribution in [-0.2, 0) is 13.1 Å². The van der Waals surface area contributed by atoms with Gasteiger partial charge in [-0.05, 0) is 58.8 Å². The van der Waals surface area contributed by atoms with Gasteiger partial charge in [0.25, 0.3) is 11.5 Å². The first-order chi connectivity index (χ1) is 12.5. The van der Waals surface area contributed by atoms with E-state index in [1.807, 2.05) is 55.5 Å². The number of aromatic nitrogens is 2. The number of hydrogen-bond acceptors (Lipinski definition) is 3. The highest BCUT2D eigenvalue weighted by atomic mass is 127. The molecule has 0 atom stereocenters. The lowest BCUT2D eigenvalue weighted by molar-refractivity contribution is 0.0943. The highest BCUT2D eigenvalue weighted by Gasteiger charge is 2.10. The fourth-order valence-corrected chi connectivity index (χ4v) is 2.78. The monoisotopic (exact) mass is 459 g/mol. The summed E-state index contributed by atoms with van der Waals surface area (Å²) in [6.45, 7) is 2.75. The fraction of sp³-hybridized carbons (Fsp3) is 0.150. The van der Waals surface area contributed by atoms with Crippen LogP contribution < -0.4 is 10.9 Å². The molecule has 2 aromatic carbocycles. The first-order valence-electron chi connectivity index (χ1n) is 8.17. The molecule has 6 heteroatoms. The Kier molecular flexibility index (Phi) is 5.82. The van der Waals surface area contributed by atoms with Crippen LogP contribution in [0.3, 0.4) is 0 Å². The zero-order chi connectivity index (χ0) is 18.5. The average molecular weight is 459 g/mol. The van der Waals surface area contributed by atoms with Crippen molar-refractivity contribution in [2.75, 3.05) is 0 Å². The van der Waals surface area contributed by atoms with E-state index >= 15 is 0 Å². The maximum atomic E-state index is 12.4. The van der Waals surface area contributed by atoms with E-state index in [2.05, 4.69) is 33.0 Å². The molecule has 5 nitrogen and oxygen atoms in total. The Morgan fingerprint density at radius 1 is 1.00 bits per heavy atom. The Hall–Kier alpha value is -2.48. The van der Waals surface area contributed by atoms with E-state index in [4.69, 9.17) is 0 Å². The predicted molar refractivity (Wildman–Crippen MR) is 109 cm³/mol. The standard InChI is InChI=1S/C20H18IN3O2/c1-14-2-4-16(5-3-14)13-24-19(25)11-10-18(23-24)20(26)22-12-15-6-8-17(21)9-7-15/h2-11H,12-13H2,1H3,(H,22,26). The summed E-state index contributed by atoms with van der Waals surface area (Å²) >= 11 is 2.24. The van der Waals surface area contributed by atoms with Gasteiger partial charge in [0.1, 0.15) is 5.69 Å². The number of carbonyl (C=O) groups is 1. The SMILES string of the molecule is Cc1ccc(Cn2nc(C(=O)NCc3ccc(I)cc3)ccc2=O)cc1. The van der Waals surface area contributed by atoms with Gasteiger partial charge >= 0.3 is 0 Å². The topological polar surface area (TPSA) is 64.0 Å². The van der Waals surface area contributed by atoms with Gasteiger partial charge in [-0.3, -0.25) is 9.59 Å². The quantitative estimate of drug-likeness (QED) is 0.597. The Morgan fingerprint density at radius 3 is 2.35 bits per heavy atom. The maximum Gasteiger partial charge on any atom is 0.271 e. The molecule has 0 saturated heterocycles. The number of benzene rings is 2. The molecule has 0 aliphatic rings. The summed E-state index contributed by atoms with van der Waals surface area (Å²) in [7, 11) is 0. The van der Waals surface area contributed by atoms with Gasteiger partial charge in [0.05, 0.1) is 6.54 Å². The minimum Gasteiger partial charge on any atom is -0.347 e. The minimum atomic E-state index is -0.304. The lowest BCUT2D eigenvalue weighted by atomic mass is 10.1. The van der Waals surface area contributed by atoms with Crippen LogP contribution in [-0.4, -0.2) is 15.7 Å². The molecule has 1 aromatic heterocycles. The number of rotatable bonds is 5. The largest absolute Gasteiger partial charge is 0.347 e. The highest BCUT2D eigenvalue weighted by molar-refractivity contribution is 14.1. The molecule has 0 aliphatic heterocycles. The molecular weight excluding hydrogens is 441 g/mol. The second-order valence-corrected chi connectivity index (χ2v) is 7.25. The summed E-state index contributed by atoms with van der Waals surface area (Å²) in [6.07, 6.45) is 0. The summed E-state index contributed by atoms with van der Waals surface area (Å²) in [6, 6.07) is 18.6. The maximum absolute atomic E-state index is 12.4. The third-order valence-electron chi connectivity index (χ3n) is 3.92. The van der Waals surface area contributed by atoms with Gasteiger partial charge in [-0.2, -0.15) is 5.10 Å². The molecule has 0 fully saturated rings. The highest BCUT2D eigenvalue weighted by Crippen LogP contribution is 2.07. The van der Waals surface area contributed by atoms with Crippen LogP contribution >= 0.6 is 22.6 Å². The average Bonchev–Trinajstić information content (AvgIpc) is 2.64. The fourth-order valence-electron chi connectivity index (χ4n) is 2.42. The predicted octanol–water partition coefficient (Wildman–Crippen LogP) is 3.13. The second kappa shape index (κ2) is 8.27. The molecule has 3 aromatic rings. The van der Waals surface area contributed by atoms with E-state index in [-0.39, 0.29) is 17.2 Å². The van der Waals surface area contributed by atoms with Crippen molar-refractivity contribution < 1.29 is 4.79 Å². The van der Waals surface area contributed by atoms with Gasteiger partial charge in [0, 0.05) is 16.2 Å². The molecule has 132 valence electrons. The van der Waals surface area contributed by atoms with Crippen molar-refractivity contribution in [3.8, 4) is 0 Å². The van der Waals surface area contributed by atoms with Gasteiger partial charge in [-0.15, -0.1) is 0 Å². The van der Waals surface area contributed by atoms with Crippen LogP contribution in [0.2, 0.25) is 0 Å². The molecule has 1 amide bonds. The van der Waals surface area contributed by atoms with Gasteiger partial charge < -0.3 is 5.32 Å². The van der Waals surface area contributed by atoms with Crippen molar-refractivity contribution in [3.05, 3.63) is 97.0 Å². The van der Waals surface area contributed by atoms with E-state index in [0.29, 0.717) is 13.1 Å². The van der Waals surface area contributed by atoms with Crippen LogP contribution in [0.1, 0.15) is 27.2 Å². The smallest absolute Gasteiger partial charge is 0.271 e. The van der Waals surface area contributed by atoms with Crippen molar-refractivity contribution in [3.63, 3.8) is 0 Å².